The van der Waals surface area contributed by atoms with Gasteiger partial charge in [0.05, 0.1) is 5.73 Å². The standard InChI is InChI=1S/C4H11ClOSi/c1-2-6-4(7)3-5/h4H,2-3H2,1,7H3. The topological polar surface area (TPSA) is 9.23 Å². The van der Waals surface area contributed by atoms with Crippen LogP contribution in [0.15, 0.2) is 0 Å². The molecule has 0 aliphatic heterocycles. The summed E-state index contributed by atoms with van der Waals surface area (Å²) in [5.74, 6) is 0.653. The second kappa shape index (κ2) is 4.62. The van der Waals surface area contributed by atoms with Crippen molar-refractivity contribution in [3.05, 3.63) is 0 Å². The molecule has 0 spiro atoms. The Morgan fingerprint density at radius 3 is 2.57 bits per heavy atom. The molecular formula is C4H11ClOSi. The number of ether oxygens (including phenoxy) is 1. The third kappa shape index (κ3) is 4.32. The number of alkyl halides is 1. The summed E-state index contributed by atoms with van der Waals surface area (Å²) in [6, 6.07) is 0. The Balaban J connectivity index is 2.83. The zero-order chi connectivity index (χ0) is 5.70. The van der Waals surface area contributed by atoms with E-state index in [0.29, 0.717) is 11.6 Å². The van der Waals surface area contributed by atoms with Crippen molar-refractivity contribution in [2.75, 3.05) is 12.5 Å². The summed E-state index contributed by atoms with van der Waals surface area (Å²) in [6.45, 7) is 2.78. The molecule has 0 rings (SSSR count). The Morgan fingerprint density at radius 2 is 2.43 bits per heavy atom. The molecule has 3 heteroatoms. The third-order valence-electron chi connectivity index (χ3n) is 0.668. The zero-order valence-corrected chi connectivity index (χ0v) is 7.53. The Labute approximate surface area is 52.4 Å². The summed E-state index contributed by atoms with van der Waals surface area (Å²) >= 11 is 5.44. The van der Waals surface area contributed by atoms with Gasteiger partial charge in [-0.1, -0.05) is 0 Å². The smallest absolute Gasteiger partial charge is 0.0516 e. The molecule has 0 saturated carbocycles. The maximum Gasteiger partial charge on any atom is 0.0516 e. The summed E-state index contributed by atoms with van der Waals surface area (Å²) in [5, 5.41) is 0. The molecule has 1 nitrogen and oxygen atoms in total. The van der Waals surface area contributed by atoms with E-state index in [9.17, 15) is 0 Å². The molecule has 0 aliphatic rings. The van der Waals surface area contributed by atoms with Crippen LogP contribution in [0.1, 0.15) is 6.92 Å². The van der Waals surface area contributed by atoms with Gasteiger partial charge in [0.1, 0.15) is 0 Å². The maximum atomic E-state index is 5.44. The molecule has 0 aromatic rings. The Kier molecular flexibility index (Phi) is 4.93. The summed E-state index contributed by atoms with van der Waals surface area (Å²) in [5.41, 5.74) is 0.353. The highest BCUT2D eigenvalue weighted by Gasteiger charge is 1.93. The van der Waals surface area contributed by atoms with E-state index in [0.717, 1.165) is 16.8 Å². The van der Waals surface area contributed by atoms with Gasteiger partial charge < -0.3 is 4.74 Å². The first-order valence-corrected chi connectivity index (χ1v) is 4.17. The molecular weight excluding hydrogens is 128 g/mol. The molecule has 0 N–H and O–H groups in total. The first kappa shape index (κ1) is 7.47. The molecule has 0 bridgehead atoms. The summed E-state index contributed by atoms with van der Waals surface area (Å²) in [4.78, 5) is 0. The predicted octanol–water partition coefficient (Wildman–Crippen LogP) is -0.0468. The van der Waals surface area contributed by atoms with Gasteiger partial charge in [0.2, 0.25) is 0 Å². The number of rotatable bonds is 3. The van der Waals surface area contributed by atoms with E-state index < -0.39 is 0 Å². The van der Waals surface area contributed by atoms with Crippen LogP contribution in [0.25, 0.3) is 0 Å². The zero-order valence-electron chi connectivity index (χ0n) is 4.78. The summed E-state index contributed by atoms with van der Waals surface area (Å²) in [6.07, 6.45) is 0. The van der Waals surface area contributed by atoms with E-state index in [2.05, 4.69) is 0 Å². The van der Waals surface area contributed by atoms with Crippen molar-refractivity contribution in [3.8, 4) is 0 Å². The van der Waals surface area contributed by atoms with Crippen LogP contribution in [0.2, 0.25) is 0 Å². The summed E-state index contributed by atoms with van der Waals surface area (Å²) in [7, 11) is 1.05. The summed E-state index contributed by atoms with van der Waals surface area (Å²) < 4.78 is 5.12. The van der Waals surface area contributed by atoms with Gasteiger partial charge in [-0.2, -0.15) is 0 Å². The van der Waals surface area contributed by atoms with E-state index >= 15 is 0 Å². The van der Waals surface area contributed by atoms with E-state index in [1.165, 1.54) is 0 Å². The Hall–Kier alpha value is 0.467. The van der Waals surface area contributed by atoms with Crippen LogP contribution in [0.3, 0.4) is 0 Å². The molecule has 0 amide bonds. The van der Waals surface area contributed by atoms with Crippen molar-refractivity contribution < 1.29 is 4.74 Å². The lowest BCUT2D eigenvalue weighted by atomic mass is 10.8. The maximum absolute atomic E-state index is 5.44. The van der Waals surface area contributed by atoms with Crippen LogP contribution in [-0.2, 0) is 4.74 Å². The lowest BCUT2D eigenvalue weighted by molar-refractivity contribution is 0.134. The minimum Gasteiger partial charge on any atom is -0.382 e. The molecule has 7 heavy (non-hydrogen) atoms. The largest absolute Gasteiger partial charge is 0.382 e. The number of hydrogen-bond acceptors (Lipinski definition) is 1. The second-order valence-corrected chi connectivity index (χ2v) is 3.02. The highest BCUT2D eigenvalue weighted by molar-refractivity contribution is 6.23. The number of hydrogen-bond donors (Lipinski definition) is 0. The Morgan fingerprint density at radius 1 is 1.86 bits per heavy atom. The average molecular weight is 139 g/mol. The molecule has 0 heterocycles. The van der Waals surface area contributed by atoms with Crippen LogP contribution >= 0.6 is 11.6 Å². The Bertz CT molecular complexity index is 42.7. The van der Waals surface area contributed by atoms with Gasteiger partial charge in [0, 0.05) is 22.7 Å². The van der Waals surface area contributed by atoms with E-state index in [-0.39, 0.29) is 0 Å². The fourth-order valence-corrected chi connectivity index (χ4v) is 0.751. The van der Waals surface area contributed by atoms with Crippen LogP contribution < -0.4 is 0 Å². The third-order valence-corrected chi connectivity index (χ3v) is 2.36. The fraction of sp³-hybridized carbons (Fsp3) is 1.00. The van der Waals surface area contributed by atoms with Crippen molar-refractivity contribution in [2.45, 2.75) is 12.7 Å². The first-order chi connectivity index (χ1) is 3.31. The van der Waals surface area contributed by atoms with E-state index in [1.807, 2.05) is 6.92 Å². The van der Waals surface area contributed by atoms with Crippen LogP contribution in [-0.4, -0.2) is 28.5 Å². The monoisotopic (exact) mass is 138 g/mol. The van der Waals surface area contributed by atoms with Gasteiger partial charge in [-0.05, 0) is 6.92 Å². The second-order valence-electron chi connectivity index (χ2n) is 1.42. The highest BCUT2D eigenvalue weighted by atomic mass is 35.5. The van der Waals surface area contributed by atoms with Crippen LogP contribution in [0.4, 0.5) is 0 Å². The predicted molar refractivity (Wildman–Crippen MR) is 36.1 cm³/mol. The average Bonchev–Trinajstić information content (AvgIpc) is 1.68. The molecule has 1 unspecified atom stereocenters. The first-order valence-electron chi connectivity index (χ1n) is 2.48. The number of halogens is 1. The van der Waals surface area contributed by atoms with Crippen LogP contribution in [0, 0.1) is 0 Å². The van der Waals surface area contributed by atoms with Gasteiger partial charge in [-0.25, -0.2) is 0 Å². The van der Waals surface area contributed by atoms with Gasteiger partial charge in [0.25, 0.3) is 0 Å². The van der Waals surface area contributed by atoms with E-state index in [1.54, 1.807) is 0 Å². The van der Waals surface area contributed by atoms with Crippen molar-refractivity contribution >= 4 is 21.8 Å². The SMILES string of the molecule is CCOC([SiH3])CCl. The van der Waals surface area contributed by atoms with Gasteiger partial charge in [-0.15, -0.1) is 11.6 Å². The van der Waals surface area contributed by atoms with Gasteiger partial charge in [-0.3, -0.25) is 0 Å². The van der Waals surface area contributed by atoms with Crippen molar-refractivity contribution in [1.82, 2.24) is 0 Å². The molecule has 1 atom stereocenters. The molecule has 44 valence electrons. The quantitative estimate of drug-likeness (QED) is 0.393. The van der Waals surface area contributed by atoms with Gasteiger partial charge >= 0.3 is 0 Å². The normalized spacial score (nSPS) is 14.6. The van der Waals surface area contributed by atoms with E-state index in [4.69, 9.17) is 16.3 Å². The minimum absolute atomic E-state index is 0.353. The van der Waals surface area contributed by atoms with Crippen molar-refractivity contribution in [2.24, 2.45) is 0 Å². The lowest BCUT2D eigenvalue weighted by Gasteiger charge is -2.04. The molecule has 0 aromatic heterocycles. The molecule has 0 radical (unpaired) electrons. The van der Waals surface area contributed by atoms with Crippen LogP contribution in [0.5, 0.6) is 0 Å². The van der Waals surface area contributed by atoms with Crippen molar-refractivity contribution in [3.63, 3.8) is 0 Å². The van der Waals surface area contributed by atoms with Crippen molar-refractivity contribution in [1.29, 1.82) is 0 Å². The fourth-order valence-electron chi connectivity index (χ4n) is 0.329. The minimum atomic E-state index is 0.353. The molecule has 0 fully saturated rings. The highest BCUT2D eigenvalue weighted by Crippen LogP contribution is 1.87. The molecule has 0 aliphatic carbocycles. The molecule has 0 saturated heterocycles. The van der Waals surface area contributed by atoms with Gasteiger partial charge in [0.15, 0.2) is 0 Å². The molecule has 0 aromatic carbocycles. The lowest BCUT2D eigenvalue weighted by Crippen LogP contribution is -2.13.